The van der Waals surface area contributed by atoms with Crippen LogP contribution in [0.3, 0.4) is 0 Å². The van der Waals surface area contributed by atoms with Crippen LogP contribution in [0.5, 0.6) is 0 Å². The van der Waals surface area contributed by atoms with E-state index >= 15 is 0 Å². The average molecular weight is 373 g/mol. The van der Waals surface area contributed by atoms with E-state index in [-0.39, 0.29) is 18.2 Å². The van der Waals surface area contributed by atoms with Crippen LogP contribution < -0.4 is 5.32 Å². The van der Waals surface area contributed by atoms with Crippen LogP contribution in [0.1, 0.15) is 30.5 Å². The van der Waals surface area contributed by atoms with E-state index < -0.39 is 6.04 Å². The fourth-order valence-electron chi connectivity index (χ4n) is 2.72. The SMILES string of the molecule is CCNC(=O)[C@@H](C)N(Cc1ccc(C)cc1)C(=O)Cc1cccc(Cl)c1. The fraction of sp³-hybridized carbons (Fsp3) is 0.333. The lowest BCUT2D eigenvalue weighted by Crippen LogP contribution is -2.48. The summed E-state index contributed by atoms with van der Waals surface area (Å²) >= 11 is 6.02. The molecule has 2 rings (SSSR count). The Morgan fingerprint density at radius 1 is 1.12 bits per heavy atom. The first kappa shape index (κ1) is 20.0. The van der Waals surface area contributed by atoms with Gasteiger partial charge in [-0.2, -0.15) is 0 Å². The number of rotatable bonds is 7. The Hall–Kier alpha value is -2.33. The third-order valence-corrected chi connectivity index (χ3v) is 4.47. The number of carbonyl (C=O) groups is 2. The van der Waals surface area contributed by atoms with Gasteiger partial charge in [0, 0.05) is 18.1 Å². The number of carbonyl (C=O) groups excluding carboxylic acids is 2. The van der Waals surface area contributed by atoms with Gasteiger partial charge in [0.2, 0.25) is 11.8 Å². The molecule has 0 aromatic heterocycles. The summed E-state index contributed by atoms with van der Waals surface area (Å²) in [6, 6.07) is 14.7. The van der Waals surface area contributed by atoms with E-state index in [1.54, 1.807) is 24.0 Å². The number of benzene rings is 2. The van der Waals surface area contributed by atoms with Crippen molar-refractivity contribution in [1.29, 1.82) is 0 Å². The predicted molar refractivity (Wildman–Crippen MR) is 105 cm³/mol. The number of aryl methyl sites for hydroxylation is 1. The lowest BCUT2D eigenvalue weighted by atomic mass is 10.1. The maximum absolute atomic E-state index is 12.9. The lowest BCUT2D eigenvalue weighted by molar-refractivity contribution is -0.140. The smallest absolute Gasteiger partial charge is 0.242 e. The molecule has 0 saturated heterocycles. The molecule has 0 aliphatic heterocycles. The second-order valence-corrected chi connectivity index (χ2v) is 6.82. The van der Waals surface area contributed by atoms with Crippen LogP contribution in [0.4, 0.5) is 0 Å². The number of halogens is 1. The molecule has 1 N–H and O–H groups in total. The van der Waals surface area contributed by atoms with Crippen LogP contribution in [0, 0.1) is 6.92 Å². The molecule has 26 heavy (non-hydrogen) atoms. The molecular formula is C21H25ClN2O2. The van der Waals surface area contributed by atoms with Crippen molar-refractivity contribution in [3.05, 3.63) is 70.2 Å². The van der Waals surface area contributed by atoms with Gasteiger partial charge >= 0.3 is 0 Å². The Morgan fingerprint density at radius 2 is 1.81 bits per heavy atom. The number of nitrogens with zero attached hydrogens (tertiary/aromatic N) is 1. The van der Waals surface area contributed by atoms with Crippen LogP contribution >= 0.6 is 11.6 Å². The predicted octanol–water partition coefficient (Wildman–Crippen LogP) is 3.74. The highest BCUT2D eigenvalue weighted by atomic mass is 35.5. The Kier molecular flexibility index (Phi) is 7.22. The van der Waals surface area contributed by atoms with E-state index in [0.717, 1.165) is 16.7 Å². The molecule has 0 bridgehead atoms. The highest BCUT2D eigenvalue weighted by Gasteiger charge is 2.25. The zero-order valence-electron chi connectivity index (χ0n) is 15.5. The number of nitrogens with one attached hydrogen (secondary N) is 1. The number of hydrogen-bond donors (Lipinski definition) is 1. The van der Waals surface area contributed by atoms with Crippen LogP contribution in [0.15, 0.2) is 48.5 Å². The quantitative estimate of drug-likeness (QED) is 0.804. The van der Waals surface area contributed by atoms with E-state index in [0.29, 0.717) is 18.1 Å². The summed E-state index contributed by atoms with van der Waals surface area (Å²) in [6.45, 7) is 6.56. The summed E-state index contributed by atoms with van der Waals surface area (Å²) in [5.74, 6) is -0.259. The molecular weight excluding hydrogens is 348 g/mol. The molecule has 0 saturated carbocycles. The van der Waals surface area contributed by atoms with Crippen molar-refractivity contribution in [3.8, 4) is 0 Å². The van der Waals surface area contributed by atoms with Crippen LogP contribution in [-0.4, -0.2) is 29.3 Å². The Labute approximate surface area is 160 Å². The number of amides is 2. The van der Waals surface area contributed by atoms with E-state index in [9.17, 15) is 9.59 Å². The van der Waals surface area contributed by atoms with Crippen molar-refractivity contribution < 1.29 is 9.59 Å². The second kappa shape index (κ2) is 9.39. The van der Waals surface area contributed by atoms with Gasteiger partial charge < -0.3 is 10.2 Å². The van der Waals surface area contributed by atoms with Crippen LogP contribution in [-0.2, 0) is 22.6 Å². The van der Waals surface area contributed by atoms with Crippen molar-refractivity contribution in [1.82, 2.24) is 10.2 Å². The zero-order valence-corrected chi connectivity index (χ0v) is 16.2. The van der Waals surface area contributed by atoms with E-state index in [1.807, 2.05) is 50.2 Å². The van der Waals surface area contributed by atoms with Gasteiger partial charge in [-0.05, 0) is 44.0 Å². The van der Waals surface area contributed by atoms with Crippen LogP contribution in [0.2, 0.25) is 5.02 Å². The third kappa shape index (κ3) is 5.60. The summed E-state index contributed by atoms with van der Waals surface area (Å²) in [5, 5.41) is 3.39. The van der Waals surface area contributed by atoms with Gasteiger partial charge in [0.15, 0.2) is 0 Å². The molecule has 0 radical (unpaired) electrons. The Morgan fingerprint density at radius 3 is 2.42 bits per heavy atom. The molecule has 138 valence electrons. The van der Waals surface area contributed by atoms with Gasteiger partial charge in [0.1, 0.15) is 6.04 Å². The normalized spacial score (nSPS) is 11.7. The molecule has 5 heteroatoms. The molecule has 1 atom stereocenters. The molecule has 0 aliphatic carbocycles. The second-order valence-electron chi connectivity index (χ2n) is 6.38. The highest BCUT2D eigenvalue weighted by molar-refractivity contribution is 6.30. The number of likely N-dealkylation sites (N-methyl/N-ethyl adjacent to an activating group) is 1. The van der Waals surface area contributed by atoms with Gasteiger partial charge in [-0.1, -0.05) is 53.6 Å². The van der Waals surface area contributed by atoms with Crippen molar-refractivity contribution in [3.63, 3.8) is 0 Å². The summed E-state index contributed by atoms with van der Waals surface area (Å²) in [5.41, 5.74) is 2.98. The zero-order chi connectivity index (χ0) is 19.1. The monoisotopic (exact) mass is 372 g/mol. The average Bonchev–Trinajstić information content (AvgIpc) is 2.60. The minimum absolute atomic E-state index is 0.105. The van der Waals surface area contributed by atoms with Crippen molar-refractivity contribution in [2.75, 3.05) is 6.54 Å². The minimum atomic E-state index is -0.553. The topological polar surface area (TPSA) is 49.4 Å². The van der Waals surface area contributed by atoms with Crippen molar-refractivity contribution >= 4 is 23.4 Å². The van der Waals surface area contributed by atoms with Gasteiger partial charge in [-0.3, -0.25) is 9.59 Å². The largest absolute Gasteiger partial charge is 0.355 e. The molecule has 2 amide bonds. The summed E-state index contributed by atoms with van der Waals surface area (Å²) in [7, 11) is 0. The van der Waals surface area contributed by atoms with Gasteiger partial charge in [-0.25, -0.2) is 0 Å². The summed E-state index contributed by atoms with van der Waals surface area (Å²) in [6.07, 6.45) is 0.205. The van der Waals surface area contributed by atoms with Gasteiger partial charge in [0.05, 0.1) is 6.42 Å². The standard InChI is InChI=1S/C21H25ClN2O2/c1-4-23-21(26)16(3)24(14-17-10-8-15(2)9-11-17)20(25)13-18-6-5-7-19(22)12-18/h5-12,16H,4,13-14H2,1-3H3,(H,23,26)/t16-/m1/s1. The fourth-order valence-corrected chi connectivity index (χ4v) is 2.93. The summed E-state index contributed by atoms with van der Waals surface area (Å²) < 4.78 is 0. The first-order valence-corrected chi connectivity index (χ1v) is 9.15. The number of hydrogen-bond acceptors (Lipinski definition) is 2. The molecule has 2 aromatic rings. The molecule has 0 fully saturated rings. The first-order chi connectivity index (χ1) is 12.4. The third-order valence-electron chi connectivity index (χ3n) is 4.24. The molecule has 0 heterocycles. The molecule has 0 spiro atoms. The maximum Gasteiger partial charge on any atom is 0.242 e. The van der Waals surface area contributed by atoms with E-state index in [2.05, 4.69) is 5.32 Å². The molecule has 4 nitrogen and oxygen atoms in total. The molecule has 0 aliphatic rings. The highest BCUT2D eigenvalue weighted by Crippen LogP contribution is 2.15. The summed E-state index contributed by atoms with van der Waals surface area (Å²) in [4.78, 5) is 26.9. The lowest BCUT2D eigenvalue weighted by Gasteiger charge is -2.29. The molecule has 2 aromatic carbocycles. The van der Waals surface area contributed by atoms with Gasteiger partial charge in [0.25, 0.3) is 0 Å². The van der Waals surface area contributed by atoms with Crippen molar-refractivity contribution in [2.24, 2.45) is 0 Å². The maximum atomic E-state index is 12.9. The van der Waals surface area contributed by atoms with Crippen LogP contribution in [0.25, 0.3) is 0 Å². The minimum Gasteiger partial charge on any atom is -0.355 e. The first-order valence-electron chi connectivity index (χ1n) is 8.78. The van der Waals surface area contributed by atoms with E-state index in [1.165, 1.54) is 0 Å². The van der Waals surface area contributed by atoms with Gasteiger partial charge in [-0.15, -0.1) is 0 Å². The Balaban J connectivity index is 2.21. The molecule has 0 unspecified atom stereocenters. The van der Waals surface area contributed by atoms with Crippen molar-refractivity contribution in [2.45, 2.75) is 39.8 Å². The Bertz CT molecular complexity index is 759. The van der Waals surface area contributed by atoms with E-state index in [4.69, 9.17) is 11.6 Å².